The lowest BCUT2D eigenvalue weighted by Gasteiger charge is -2.19. The number of esters is 1. The van der Waals surface area contributed by atoms with Crippen molar-refractivity contribution in [3.8, 4) is 0 Å². The quantitative estimate of drug-likeness (QED) is 0.739. The second-order valence-electron chi connectivity index (χ2n) is 5.61. The highest BCUT2D eigenvalue weighted by atomic mass is 16.5. The average Bonchev–Trinajstić information content (AvgIpc) is 2.29. The van der Waals surface area contributed by atoms with E-state index in [1.807, 2.05) is 6.92 Å². The summed E-state index contributed by atoms with van der Waals surface area (Å²) in [5.74, 6) is -0.0937. The largest absolute Gasteiger partial charge is 0.466 e. The minimum Gasteiger partial charge on any atom is -0.466 e. The molecule has 0 saturated heterocycles. The molecule has 0 unspecified atom stereocenters. The Hall–Kier alpha value is -1.31. The van der Waals surface area contributed by atoms with Crippen LogP contribution in [0.3, 0.4) is 0 Å². The summed E-state index contributed by atoms with van der Waals surface area (Å²) in [6.45, 7) is 8.94. The molecule has 0 aromatic heterocycles. The predicted molar refractivity (Wildman–Crippen MR) is 74.7 cm³/mol. The van der Waals surface area contributed by atoms with Crippen molar-refractivity contribution in [3.63, 3.8) is 0 Å². The van der Waals surface area contributed by atoms with E-state index in [-0.39, 0.29) is 11.4 Å². The van der Waals surface area contributed by atoms with Crippen molar-refractivity contribution in [2.24, 2.45) is 0 Å². The molecule has 0 saturated carbocycles. The summed E-state index contributed by atoms with van der Waals surface area (Å²) in [7, 11) is 0. The topological polar surface area (TPSA) is 26.3 Å². The summed E-state index contributed by atoms with van der Waals surface area (Å²) in [6.07, 6.45) is 2.30. The van der Waals surface area contributed by atoms with Gasteiger partial charge in [-0.15, -0.1) is 0 Å². The van der Waals surface area contributed by atoms with Gasteiger partial charge in [0.1, 0.15) is 0 Å². The molecule has 0 aliphatic heterocycles. The normalized spacial score (nSPS) is 11.3. The number of hydrogen-bond acceptors (Lipinski definition) is 2. The van der Waals surface area contributed by atoms with Gasteiger partial charge in [-0.3, -0.25) is 4.79 Å². The highest BCUT2D eigenvalue weighted by molar-refractivity contribution is 5.69. The summed E-state index contributed by atoms with van der Waals surface area (Å²) in [4.78, 5) is 11.2. The molecule has 2 nitrogen and oxygen atoms in total. The zero-order valence-corrected chi connectivity index (χ0v) is 12.0. The highest BCUT2D eigenvalue weighted by Crippen LogP contribution is 2.22. The Bertz CT molecular complexity index is 371. The fraction of sp³-hybridized carbons (Fsp3) is 0.562. The Kier molecular flexibility index (Phi) is 5.39. The number of rotatable bonds is 5. The van der Waals surface area contributed by atoms with E-state index in [1.165, 1.54) is 11.1 Å². The molecule has 18 heavy (non-hydrogen) atoms. The second-order valence-corrected chi connectivity index (χ2v) is 5.61. The standard InChI is InChI=1S/C16H24O2/c1-5-18-15(17)8-6-7-13-9-11-14(12-10-13)16(2,3)4/h9-12H,5-8H2,1-4H3. The molecule has 0 aliphatic rings. The maximum Gasteiger partial charge on any atom is 0.305 e. The van der Waals surface area contributed by atoms with Crippen molar-refractivity contribution in [1.29, 1.82) is 0 Å². The van der Waals surface area contributed by atoms with Crippen LogP contribution in [0.1, 0.15) is 51.7 Å². The van der Waals surface area contributed by atoms with E-state index in [0.29, 0.717) is 13.0 Å². The molecule has 0 N–H and O–H groups in total. The molecule has 1 rings (SSSR count). The molecule has 0 aliphatic carbocycles. The first kappa shape index (κ1) is 14.7. The van der Waals surface area contributed by atoms with Crippen LogP contribution in [-0.4, -0.2) is 12.6 Å². The Morgan fingerprint density at radius 3 is 2.28 bits per heavy atom. The van der Waals surface area contributed by atoms with E-state index in [4.69, 9.17) is 4.74 Å². The van der Waals surface area contributed by atoms with E-state index >= 15 is 0 Å². The molecule has 2 heteroatoms. The molecule has 0 spiro atoms. The molecule has 0 fully saturated rings. The first-order valence-electron chi connectivity index (χ1n) is 6.68. The van der Waals surface area contributed by atoms with Crippen molar-refractivity contribution in [2.75, 3.05) is 6.61 Å². The van der Waals surface area contributed by atoms with Crippen LogP contribution in [0, 0.1) is 0 Å². The van der Waals surface area contributed by atoms with E-state index < -0.39 is 0 Å². The lowest BCUT2D eigenvalue weighted by Crippen LogP contribution is -2.10. The summed E-state index contributed by atoms with van der Waals surface area (Å²) in [6, 6.07) is 8.68. The van der Waals surface area contributed by atoms with Crippen LogP contribution in [-0.2, 0) is 21.4 Å². The van der Waals surface area contributed by atoms with Crippen molar-refractivity contribution in [3.05, 3.63) is 35.4 Å². The smallest absolute Gasteiger partial charge is 0.305 e. The maximum absolute atomic E-state index is 11.2. The highest BCUT2D eigenvalue weighted by Gasteiger charge is 2.12. The minimum absolute atomic E-state index is 0.0937. The van der Waals surface area contributed by atoms with Gasteiger partial charge in [0.25, 0.3) is 0 Å². The van der Waals surface area contributed by atoms with Gasteiger partial charge in [-0.25, -0.2) is 0 Å². The first-order chi connectivity index (χ1) is 8.43. The van der Waals surface area contributed by atoms with Gasteiger partial charge in [0.05, 0.1) is 6.61 Å². The first-order valence-corrected chi connectivity index (χ1v) is 6.68. The van der Waals surface area contributed by atoms with Gasteiger partial charge in [0.2, 0.25) is 0 Å². The third kappa shape index (κ3) is 4.91. The number of aryl methyl sites for hydroxylation is 1. The molecule has 0 amide bonds. The summed E-state index contributed by atoms with van der Waals surface area (Å²) < 4.78 is 4.90. The summed E-state index contributed by atoms with van der Waals surface area (Å²) in [5, 5.41) is 0. The molecule has 0 atom stereocenters. The van der Waals surface area contributed by atoms with Crippen LogP contribution >= 0.6 is 0 Å². The molecular formula is C16H24O2. The van der Waals surface area contributed by atoms with Gasteiger partial charge in [0, 0.05) is 6.42 Å². The molecular weight excluding hydrogens is 224 g/mol. The third-order valence-corrected chi connectivity index (χ3v) is 2.97. The van der Waals surface area contributed by atoms with E-state index in [0.717, 1.165) is 12.8 Å². The van der Waals surface area contributed by atoms with Crippen LogP contribution in [0.25, 0.3) is 0 Å². The number of ether oxygens (including phenoxy) is 1. The average molecular weight is 248 g/mol. The molecule has 0 radical (unpaired) electrons. The van der Waals surface area contributed by atoms with Gasteiger partial charge in [-0.2, -0.15) is 0 Å². The van der Waals surface area contributed by atoms with Gasteiger partial charge in [0.15, 0.2) is 0 Å². The lowest BCUT2D eigenvalue weighted by atomic mass is 9.86. The number of carbonyl (C=O) groups excluding carboxylic acids is 1. The molecule has 1 aromatic carbocycles. The molecule has 1 aromatic rings. The monoisotopic (exact) mass is 248 g/mol. The Morgan fingerprint density at radius 1 is 1.17 bits per heavy atom. The van der Waals surface area contributed by atoms with Crippen LogP contribution in [0.2, 0.25) is 0 Å². The van der Waals surface area contributed by atoms with Crippen molar-refractivity contribution >= 4 is 5.97 Å². The van der Waals surface area contributed by atoms with Crippen LogP contribution in [0.5, 0.6) is 0 Å². The van der Waals surface area contributed by atoms with E-state index in [2.05, 4.69) is 45.0 Å². The number of benzene rings is 1. The van der Waals surface area contributed by atoms with Gasteiger partial charge >= 0.3 is 5.97 Å². The fourth-order valence-corrected chi connectivity index (χ4v) is 1.84. The molecule has 0 bridgehead atoms. The predicted octanol–water partition coefficient (Wildman–Crippen LogP) is 3.87. The third-order valence-electron chi connectivity index (χ3n) is 2.97. The Morgan fingerprint density at radius 2 is 1.78 bits per heavy atom. The SMILES string of the molecule is CCOC(=O)CCCc1ccc(C(C)(C)C)cc1. The van der Waals surface area contributed by atoms with Gasteiger partial charge in [-0.05, 0) is 36.3 Å². The van der Waals surface area contributed by atoms with Crippen LogP contribution < -0.4 is 0 Å². The Balaban J connectivity index is 2.42. The van der Waals surface area contributed by atoms with E-state index in [1.54, 1.807) is 0 Å². The zero-order chi connectivity index (χ0) is 13.6. The molecule has 0 heterocycles. The van der Waals surface area contributed by atoms with Gasteiger partial charge < -0.3 is 4.74 Å². The van der Waals surface area contributed by atoms with Crippen molar-refractivity contribution in [2.45, 2.75) is 52.4 Å². The minimum atomic E-state index is -0.0937. The lowest BCUT2D eigenvalue weighted by molar-refractivity contribution is -0.143. The summed E-state index contributed by atoms with van der Waals surface area (Å²) >= 11 is 0. The second kappa shape index (κ2) is 6.58. The van der Waals surface area contributed by atoms with Gasteiger partial charge in [-0.1, -0.05) is 45.0 Å². The Labute approximate surface area is 110 Å². The maximum atomic E-state index is 11.2. The van der Waals surface area contributed by atoms with Crippen molar-refractivity contribution in [1.82, 2.24) is 0 Å². The van der Waals surface area contributed by atoms with E-state index in [9.17, 15) is 4.79 Å². The van der Waals surface area contributed by atoms with Crippen LogP contribution in [0.4, 0.5) is 0 Å². The molecule has 100 valence electrons. The van der Waals surface area contributed by atoms with Crippen LogP contribution in [0.15, 0.2) is 24.3 Å². The zero-order valence-electron chi connectivity index (χ0n) is 12.0. The number of hydrogen-bond donors (Lipinski definition) is 0. The fourth-order valence-electron chi connectivity index (χ4n) is 1.84. The number of carbonyl (C=O) groups is 1. The summed E-state index contributed by atoms with van der Waals surface area (Å²) in [5.41, 5.74) is 2.83. The van der Waals surface area contributed by atoms with Crippen molar-refractivity contribution < 1.29 is 9.53 Å².